The first-order chi connectivity index (χ1) is 7.36. The van der Waals surface area contributed by atoms with E-state index in [1.807, 2.05) is 30.3 Å². The van der Waals surface area contributed by atoms with E-state index in [2.05, 4.69) is 0 Å². The van der Waals surface area contributed by atoms with Gasteiger partial charge in [-0.05, 0) is 11.6 Å². The van der Waals surface area contributed by atoms with Crippen LogP contribution in [0.4, 0.5) is 0 Å². The van der Waals surface area contributed by atoms with Crippen LogP contribution in [0.2, 0.25) is 0 Å². The zero-order valence-corrected chi connectivity index (χ0v) is 8.31. The van der Waals surface area contributed by atoms with E-state index in [1.54, 1.807) is 6.08 Å². The van der Waals surface area contributed by atoms with Gasteiger partial charge in [-0.15, -0.1) is 0 Å². The van der Waals surface area contributed by atoms with Crippen LogP contribution in [0.5, 0.6) is 0 Å². The van der Waals surface area contributed by atoms with E-state index in [4.69, 9.17) is 9.47 Å². The monoisotopic (exact) mass is 204 g/mol. The molecule has 1 heterocycles. The van der Waals surface area contributed by atoms with Crippen molar-refractivity contribution in [1.82, 2.24) is 0 Å². The van der Waals surface area contributed by atoms with Crippen molar-refractivity contribution in [3.05, 3.63) is 47.7 Å². The molecule has 2 rings (SSSR count). The minimum atomic E-state index is -0.378. The predicted molar refractivity (Wildman–Crippen MR) is 54.9 cm³/mol. The van der Waals surface area contributed by atoms with Gasteiger partial charge in [-0.2, -0.15) is 0 Å². The molecule has 0 saturated heterocycles. The minimum absolute atomic E-state index is 0.292. The predicted octanol–water partition coefficient (Wildman–Crippen LogP) is 2.03. The molecule has 0 amide bonds. The normalized spacial score (nSPS) is 14.3. The van der Waals surface area contributed by atoms with Gasteiger partial charge in [0, 0.05) is 6.42 Å². The van der Waals surface area contributed by atoms with E-state index < -0.39 is 0 Å². The molecule has 78 valence electrons. The standard InChI is InChI=1S/C12H12O3/c13-12(11-7-4-8-14-11)15-9-10-5-2-1-3-6-10/h1-3,5-7H,4,8-9H2. The largest absolute Gasteiger partial charge is 0.486 e. The maximum atomic E-state index is 11.4. The topological polar surface area (TPSA) is 35.5 Å². The molecule has 0 fully saturated rings. The lowest BCUT2D eigenvalue weighted by Crippen LogP contribution is -2.08. The van der Waals surface area contributed by atoms with Crippen LogP contribution in [-0.2, 0) is 20.9 Å². The Morgan fingerprint density at radius 3 is 2.80 bits per heavy atom. The van der Waals surface area contributed by atoms with Gasteiger partial charge in [-0.3, -0.25) is 0 Å². The molecular formula is C12H12O3. The Bertz CT molecular complexity index is 368. The molecule has 0 unspecified atom stereocenters. The van der Waals surface area contributed by atoms with Crippen molar-refractivity contribution in [2.75, 3.05) is 6.61 Å². The van der Waals surface area contributed by atoms with Gasteiger partial charge >= 0.3 is 5.97 Å². The van der Waals surface area contributed by atoms with E-state index in [1.165, 1.54) is 0 Å². The first-order valence-corrected chi connectivity index (χ1v) is 4.90. The lowest BCUT2D eigenvalue weighted by atomic mass is 10.2. The number of benzene rings is 1. The molecular weight excluding hydrogens is 192 g/mol. The molecule has 1 aliphatic rings. The number of rotatable bonds is 3. The summed E-state index contributed by atoms with van der Waals surface area (Å²) >= 11 is 0. The van der Waals surface area contributed by atoms with Crippen LogP contribution in [0, 0.1) is 0 Å². The van der Waals surface area contributed by atoms with Crippen molar-refractivity contribution in [3.63, 3.8) is 0 Å². The fourth-order valence-electron chi connectivity index (χ4n) is 1.35. The molecule has 0 N–H and O–H groups in total. The van der Waals surface area contributed by atoms with Gasteiger partial charge in [-0.25, -0.2) is 4.79 Å². The summed E-state index contributed by atoms with van der Waals surface area (Å²) in [6.07, 6.45) is 2.54. The molecule has 0 radical (unpaired) electrons. The van der Waals surface area contributed by atoms with Crippen molar-refractivity contribution in [2.24, 2.45) is 0 Å². The number of hydrogen-bond donors (Lipinski definition) is 0. The van der Waals surface area contributed by atoms with Crippen molar-refractivity contribution >= 4 is 5.97 Å². The van der Waals surface area contributed by atoms with Crippen molar-refractivity contribution in [1.29, 1.82) is 0 Å². The first kappa shape index (κ1) is 9.77. The third-order valence-corrected chi connectivity index (χ3v) is 2.12. The Labute approximate surface area is 88.3 Å². The summed E-state index contributed by atoms with van der Waals surface area (Å²) < 4.78 is 10.2. The second-order valence-corrected chi connectivity index (χ2v) is 3.27. The average molecular weight is 204 g/mol. The highest BCUT2D eigenvalue weighted by molar-refractivity contribution is 5.86. The zero-order chi connectivity index (χ0) is 10.5. The summed E-state index contributed by atoms with van der Waals surface area (Å²) in [6.45, 7) is 0.871. The molecule has 0 aromatic heterocycles. The fraction of sp³-hybridized carbons (Fsp3) is 0.250. The van der Waals surface area contributed by atoms with Crippen molar-refractivity contribution in [2.45, 2.75) is 13.0 Å². The maximum Gasteiger partial charge on any atom is 0.373 e. The van der Waals surface area contributed by atoms with Gasteiger partial charge in [0.05, 0.1) is 6.61 Å². The van der Waals surface area contributed by atoms with Crippen molar-refractivity contribution < 1.29 is 14.3 Å². The SMILES string of the molecule is O=C(OCc1ccccc1)C1=CCCO1. The number of carbonyl (C=O) groups is 1. The Morgan fingerprint density at radius 2 is 2.13 bits per heavy atom. The quantitative estimate of drug-likeness (QED) is 0.707. The molecule has 0 spiro atoms. The molecule has 0 aliphatic carbocycles. The van der Waals surface area contributed by atoms with Gasteiger partial charge in [0.15, 0.2) is 0 Å². The van der Waals surface area contributed by atoms with Gasteiger partial charge < -0.3 is 9.47 Å². The Balaban J connectivity index is 1.86. The summed E-state index contributed by atoms with van der Waals surface area (Å²) in [5.41, 5.74) is 0.976. The average Bonchev–Trinajstić information content (AvgIpc) is 2.81. The van der Waals surface area contributed by atoms with Crippen molar-refractivity contribution in [3.8, 4) is 0 Å². The second kappa shape index (κ2) is 4.64. The molecule has 1 aliphatic heterocycles. The molecule has 0 atom stereocenters. The molecule has 3 heteroatoms. The van der Waals surface area contributed by atoms with Crippen LogP contribution in [-0.4, -0.2) is 12.6 Å². The van der Waals surface area contributed by atoms with Crippen LogP contribution < -0.4 is 0 Å². The lowest BCUT2D eigenvalue weighted by molar-refractivity contribution is -0.143. The summed E-state index contributed by atoms with van der Waals surface area (Å²) in [5.74, 6) is -0.0396. The van der Waals surface area contributed by atoms with Gasteiger partial charge in [0.2, 0.25) is 5.76 Å². The summed E-state index contributed by atoms with van der Waals surface area (Å²) in [5, 5.41) is 0. The minimum Gasteiger partial charge on any atom is -0.486 e. The number of hydrogen-bond acceptors (Lipinski definition) is 3. The third kappa shape index (κ3) is 2.59. The first-order valence-electron chi connectivity index (χ1n) is 4.90. The van der Waals surface area contributed by atoms with E-state index >= 15 is 0 Å². The van der Waals surface area contributed by atoms with Crippen LogP contribution in [0.25, 0.3) is 0 Å². The zero-order valence-electron chi connectivity index (χ0n) is 8.31. The highest BCUT2D eigenvalue weighted by Crippen LogP contribution is 2.11. The van der Waals surface area contributed by atoms with Crippen LogP contribution >= 0.6 is 0 Å². The Hall–Kier alpha value is -1.77. The van der Waals surface area contributed by atoms with E-state index in [0.29, 0.717) is 19.0 Å². The summed E-state index contributed by atoms with van der Waals surface area (Å²) in [4.78, 5) is 11.4. The second-order valence-electron chi connectivity index (χ2n) is 3.27. The number of esters is 1. The van der Waals surface area contributed by atoms with E-state index in [0.717, 1.165) is 12.0 Å². The van der Waals surface area contributed by atoms with E-state index in [-0.39, 0.29) is 5.97 Å². The highest BCUT2D eigenvalue weighted by atomic mass is 16.6. The Kier molecular flexibility index (Phi) is 3.02. The van der Waals surface area contributed by atoms with Crippen LogP contribution in [0.3, 0.4) is 0 Å². The maximum absolute atomic E-state index is 11.4. The van der Waals surface area contributed by atoms with Crippen LogP contribution in [0.15, 0.2) is 42.2 Å². The fourth-order valence-corrected chi connectivity index (χ4v) is 1.35. The van der Waals surface area contributed by atoms with Crippen LogP contribution in [0.1, 0.15) is 12.0 Å². The van der Waals surface area contributed by atoms with E-state index in [9.17, 15) is 4.79 Å². The molecule has 1 aromatic carbocycles. The third-order valence-electron chi connectivity index (χ3n) is 2.12. The smallest absolute Gasteiger partial charge is 0.373 e. The molecule has 3 nitrogen and oxygen atoms in total. The Morgan fingerprint density at radius 1 is 1.33 bits per heavy atom. The van der Waals surface area contributed by atoms with Gasteiger partial charge in [0.1, 0.15) is 6.61 Å². The number of ether oxygens (including phenoxy) is 2. The molecule has 0 bridgehead atoms. The van der Waals surface area contributed by atoms with Gasteiger partial charge in [-0.1, -0.05) is 30.3 Å². The number of carbonyl (C=O) groups excluding carboxylic acids is 1. The lowest BCUT2D eigenvalue weighted by Gasteiger charge is -2.05. The highest BCUT2D eigenvalue weighted by Gasteiger charge is 2.16. The summed E-state index contributed by atoms with van der Waals surface area (Å²) in [7, 11) is 0. The molecule has 0 saturated carbocycles. The molecule has 1 aromatic rings. The summed E-state index contributed by atoms with van der Waals surface area (Å²) in [6, 6.07) is 9.57. The molecule has 15 heavy (non-hydrogen) atoms. The van der Waals surface area contributed by atoms with Gasteiger partial charge in [0.25, 0.3) is 0 Å².